The van der Waals surface area contributed by atoms with E-state index in [4.69, 9.17) is 9.47 Å². The highest BCUT2D eigenvalue weighted by atomic mass is 16.5. The second kappa shape index (κ2) is 9.32. The van der Waals surface area contributed by atoms with Crippen LogP contribution in [-0.2, 0) is 11.3 Å². The van der Waals surface area contributed by atoms with Gasteiger partial charge in [-0.05, 0) is 31.0 Å². The molecule has 1 unspecified atom stereocenters. The van der Waals surface area contributed by atoms with E-state index in [1.54, 1.807) is 37.2 Å². The summed E-state index contributed by atoms with van der Waals surface area (Å²) in [6.45, 7) is 2.03. The van der Waals surface area contributed by atoms with Crippen LogP contribution in [0.25, 0.3) is 0 Å². The predicted molar refractivity (Wildman–Crippen MR) is 101 cm³/mol. The first-order valence-corrected chi connectivity index (χ1v) is 9.24. The maximum absolute atomic E-state index is 12.9. The Bertz CT molecular complexity index is 822. The molecule has 150 valence electrons. The zero-order valence-corrected chi connectivity index (χ0v) is 16.1. The molecule has 2 heterocycles. The molecule has 2 amide bonds. The highest BCUT2D eigenvalue weighted by Crippen LogP contribution is 2.23. The van der Waals surface area contributed by atoms with Crippen LogP contribution in [0.2, 0.25) is 0 Å². The summed E-state index contributed by atoms with van der Waals surface area (Å²) >= 11 is 0. The Morgan fingerprint density at radius 2 is 2.18 bits per heavy atom. The van der Waals surface area contributed by atoms with Crippen LogP contribution < -0.4 is 10.1 Å². The van der Waals surface area contributed by atoms with Gasteiger partial charge in [-0.2, -0.15) is 0 Å². The fourth-order valence-electron chi connectivity index (χ4n) is 3.28. The number of likely N-dealkylation sites (tertiary alicyclic amines) is 1. The Hall–Kier alpha value is -2.94. The van der Waals surface area contributed by atoms with E-state index in [2.05, 4.69) is 15.6 Å². The van der Waals surface area contributed by atoms with E-state index in [9.17, 15) is 9.59 Å². The van der Waals surface area contributed by atoms with Crippen LogP contribution in [-0.4, -0.2) is 71.7 Å². The molecular weight excluding hydrogens is 362 g/mol. The summed E-state index contributed by atoms with van der Waals surface area (Å²) < 4.78 is 11.7. The van der Waals surface area contributed by atoms with Crippen LogP contribution in [0.5, 0.6) is 5.75 Å². The van der Waals surface area contributed by atoms with Crippen LogP contribution in [0.3, 0.4) is 0 Å². The van der Waals surface area contributed by atoms with Crippen molar-refractivity contribution in [3.8, 4) is 5.75 Å². The average molecular weight is 387 g/mol. The summed E-state index contributed by atoms with van der Waals surface area (Å²) in [7, 11) is 3.15. The van der Waals surface area contributed by atoms with Crippen molar-refractivity contribution in [2.45, 2.75) is 25.4 Å². The van der Waals surface area contributed by atoms with Gasteiger partial charge in [-0.15, -0.1) is 5.10 Å². The summed E-state index contributed by atoms with van der Waals surface area (Å²) in [5.74, 6) is 0.333. The topological polar surface area (TPSA) is 98.6 Å². The summed E-state index contributed by atoms with van der Waals surface area (Å²) in [5, 5.41) is 10.7. The Morgan fingerprint density at radius 3 is 2.96 bits per heavy atom. The summed E-state index contributed by atoms with van der Waals surface area (Å²) in [6, 6.07) is 7.16. The monoisotopic (exact) mass is 387 g/mol. The number of hydrogen-bond acceptors (Lipinski definition) is 6. The second-order valence-electron chi connectivity index (χ2n) is 6.60. The first-order chi connectivity index (χ1) is 13.6. The molecule has 1 saturated heterocycles. The van der Waals surface area contributed by atoms with E-state index in [1.165, 1.54) is 0 Å². The molecule has 1 fully saturated rings. The first kappa shape index (κ1) is 19.8. The van der Waals surface area contributed by atoms with Gasteiger partial charge >= 0.3 is 0 Å². The van der Waals surface area contributed by atoms with Gasteiger partial charge in [0.1, 0.15) is 5.75 Å². The molecule has 1 aromatic heterocycles. The van der Waals surface area contributed by atoms with Crippen LogP contribution in [0.4, 0.5) is 0 Å². The number of amides is 2. The van der Waals surface area contributed by atoms with Crippen molar-refractivity contribution in [3.63, 3.8) is 0 Å². The molecule has 0 saturated carbocycles. The minimum atomic E-state index is -0.293. The van der Waals surface area contributed by atoms with Crippen molar-refractivity contribution in [2.75, 3.05) is 33.9 Å². The lowest BCUT2D eigenvalue weighted by Gasteiger charge is -2.24. The molecule has 9 nitrogen and oxygen atoms in total. The molecule has 1 aliphatic heterocycles. The summed E-state index contributed by atoms with van der Waals surface area (Å²) in [4.78, 5) is 26.8. The Labute approximate surface area is 163 Å². The van der Waals surface area contributed by atoms with Crippen LogP contribution in [0.1, 0.15) is 33.7 Å². The minimum absolute atomic E-state index is 0.00445. The van der Waals surface area contributed by atoms with E-state index in [0.29, 0.717) is 37.6 Å². The molecule has 0 aliphatic carbocycles. The lowest BCUT2D eigenvalue weighted by Crippen LogP contribution is -2.38. The molecule has 0 radical (unpaired) electrons. The molecule has 28 heavy (non-hydrogen) atoms. The number of nitrogens with zero attached hydrogens (tertiary/aromatic N) is 4. The third-order valence-electron chi connectivity index (χ3n) is 4.72. The normalized spacial score (nSPS) is 16.2. The third-order valence-corrected chi connectivity index (χ3v) is 4.72. The van der Waals surface area contributed by atoms with E-state index >= 15 is 0 Å². The van der Waals surface area contributed by atoms with Gasteiger partial charge in [0, 0.05) is 25.8 Å². The van der Waals surface area contributed by atoms with Crippen molar-refractivity contribution < 1.29 is 19.1 Å². The van der Waals surface area contributed by atoms with Gasteiger partial charge in [0.15, 0.2) is 5.69 Å². The van der Waals surface area contributed by atoms with E-state index in [1.807, 2.05) is 17.0 Å². The van der Waals surface area contributed by atoms with Gasteiger partial charge in [-0.25, -0.2) is 4.68 Å². The number of ether oxygens (including phenoxy) is 2. The number of methoxy groups -OCH3 is 2. The van der Waals surface area contributed by atoms with Gasteiger partial charge in [0.05, 0.1) is 32.5 Å². The Kier molecular flexibility index (Phi) is 6.59. The minimum Gasteiger partial charge on any atom is -0.497 e. The van der Waals surface area contributed by atoms with Crippen molar-refractivity contribution >= 4 is 11.8 Å². The predicted octanol–water partition coefficient (Wildman–Crippen LogP) is 0.968. The molecule has 2 aromatic rings. The van der Waals surface area contributed by atoms with E-state index < -0.39 is 0 Å². The standard InChI is InChI=1S/C19H25N5O4/c1-27-10-8-20-18(25)17-13-23(22-21-17)12-15-6-4-9-24(15)19(26)14-5-3-7-16(11-14)28-2/h3,5,7,11,13,15H,4,6,8-10,12H2,1-2H3,(H,20,25). The lowest BCUT2D eigenvalue weighted by atomic mass is 10.1. The highest BCUT2D eigenvalue weighted by Gasteiger charge is 2.30. The number of nitrogens with one attached hydrogen (secondary N) is 1. The van der Waals surface area contributed by atoms with Gasteiger partial charge in [0.25, 0.3) is 11.8 Å². The van der Waals surface area contributed by atoms with Crippen molar-refractivity contribution in [1.29, 1.82) is 0 Å². The van der Waals surface area contributed by atoms with Crippen molar-refractivity contribution in [1.82, 2.24) is 25.2 Å². The van der Waals surface area contributed by atoms with Gasteiger partial charge in [-0.1, -0.05) is 11.3 Å². The molecule has 1 N–H and O–H groups in total. The number of benzene rings is 1. The summed E-state index contributed by atoms with van der Waals surface area (Å²) in [5.41, 5.74) is 0.850. The molecule has 0 bridgehead atoms. The number of hydrogen-bond donors (Lipinski definition) is 1. The van der Waals surface area contributed by atoms with E-state index in [0.717, 1.165) is 12.8 Å². The van der Waals surface area contributed by atoms with Gasteiger partial charge in [-0.3, -0.25) is 9.59 Å². The average Bonchev–Trinajstić information content (AvgIpc) is 3.37. The first-order valence-electron chi connectivity index (χ1n) is 9.24. The number of carbonyl (C=O) groups excluding carboxylic acids is 2. The molecular formula is C19H25N5O4. The number of rotatable bonds is 8. The van der Waals surface area contributed by atoms with Crippen molar-refractivity contribution in [2.24, 2.45) is 0 Å². The molecule has 9 heteroatoms. The molecule has 1 aromatic carbocycles. The largest absolute Gasteiger partial charge is 0.497 e. The molecule has 3 rings (SSSR count). The van der Waals surface area contributed by atoms with Crippen LogP contribution in [0.15, 0.2) is 30.5 Å². The maximum Gasteiger partial charge on any atom is 0.273 e. The van der Waals surface area contributed by atoms with E-state index in [-0.39, 0.29) is 23.6 Å². The Morgan fingerprint density at radius 1 is 1.32 bits per heavy atom. The maximum atomic E-state index is 12.9. The molecule has 1 atom stereocenters. The van der Waals surface area contributed by atoms with Gasteiger partial charge in [0.2, 0.25) is 0 Å². The quantitative estimate of drug-likeness (QED) is 0.678. The summed E-state index contributed by atoms with van der Waals surface area (Å²) in [6.07, 6.45) is 3.42. The molecule has 0 spiro atoms. The van der Waals surface area contributed by atoms with Crippen LogP contribution >= 0.6 is 0 Å². The van der Waals surface area contributed by atoms with Crippen LogP contribution in [0, 0.1) is 0 Å². The Balaban J connectivity index is 1.64. The lowest BCUT2D eigenvalue weighted by molar-refractivity contribution is 0.0720. The zero-order chi connectivity index (χ0) is 19.9. The van der Waals surface area contributed by atoms with Gasteiger partial charge < -0.3 is 19.7 Å². The second-order valence-corrected chi connectivity index (χ2v) is 6.60. The number of aromatic nitrogens is 3. The molecule has 1 aliphatic rings. The zero-order valence-electron chi connectivity index (χ0n) is 16.1. The SMILES string of the molecule is COCCNC(=O)c1cn(CC2CCCN2C(=O)c2cccc(OC)c2)nn1. The fraction of sp³-hybridized carbons (Fsp3) is 0.474. The fourth-order valence-corrected chi connectivity index (χ4v) is 3.28. The third kappa shape index (κ3) is 4.66. The van der Waals surface area contributed by atoms with Crippen molar-refractivity contribution in [3.05, 3.63) is 41.7 Å². The smallest absolute Gasteiger partial charge is 0.273 e. The highest BCUT2D eigenvalue weighted by molar-refractivity contribution is 5.95. The number of carbonyl (C=O) groups is 2.